The molecule has 0 amide bonds. The van der Waals surface area contributed by atoms with Gasteiger partial charge in [-0.05, 0) is 31.7 Å². The van der Waals surface area contributed by atoms with Crippen LogP contribution in [0.1, 0.15) is 56.8 Å². The van der Waals surface area contributed by atoms with Crippen LogP contribution in [0, 0.1) is 5.92 Å². The Balaban J connectivity index is 1.69. The van der Waals surface area contributed by atoms with Crippen molar-refractivity contribution in [3.8, 4) is 0 Å². The molecular formula is C15H26ClN3. The maximum absolute atomic E-state index is 6.32. The van der Waals surface area contributed by atoms with Crippen molar-refractivity contribution in [2.75, 3.05) is 6.54 Å². The Labute approximate surface area is 121 Å². The number of nitrogens with zero attached hydrogens (tertiary/aromatic N) is 2. The van der Waals surface area contributed by atoms with Crippen molar-refractivity contribution in [2.24, 2.45) is 13.0 Å². The molecule has 0 bridgehead atoms. The summed E-state index contributed by atoms with van der Waals surface area (Å²) >= 11 is 6.32. The minimum Gasteiger partial charge on any atom is -0.311 e. The third-order valence-electron chi connectivity index (χ3n) is 4.24. The summed E-state index contributed by atoms with van der Waals surface area (Å²) in [4.78, 5) is 0. The molecule has 0 aromatic carbocycles. The first-order valence-corrected chi connectivity index (χ1v) is 8.01. The van der Waals surface area contributed by atoms with Crippen LogP contribution in [0.4, 0.5) is 0 Å². The van der Waals surface area contributed by atoms with E-state index in [9.17, 15) is 0 Å². The average molecular weight is 284 g/mol. The highest BCUT2D eigenvalue weighted by atomic mass is 35.5. The van der Waals surface area contributed by atoms with Crippen LogP contribution in [0.25, 0.3) is 0 Å². The molecule has 1 heterocycles. The zero-order valence-corrected chi connectivity index (χ0v) is 13.0. The molecule has 0 spiro atoms. The zero-order chi connectivity index (χ0) is 13.7. The first-order valence-electron chi connectivity index (χ1n) is 7.63. The van der Waals surface area contributed by atoms with Gasteiger partial charge >= 0.3 is 0 Å². The van der Waals surface area contributed by atoms with Crippen LogP contribution in [-0.4, -0.2) is 16.3 Å². The van der Waals surface area contributed by atoms with E-state index in [0.717, 1.165) is 41.8 Å². The summed E-state index contributed by atoms with van der Waals surface area (Å²) in [5.41, 5.74) is 2.12. The van der Waals surface area contributed by atoms with E-state index in [2.05, 4.69) is 17.3 Å². The standard InChI is InChI=1S/C15H26ClN3/c1-3-13-15(16)14(19(2)18-13)11-17-10-6-9-12-7-4-5-8-12/h12,17H,3-11H2,1-2H3. The van der Waals surface area contributed by atoms with E-state index in [4.69, 9.17) is 11.6 Å². The third kappa shape index (κ3) is 3.96. The van der Waals surface area contributed by atoms with Gasteiger partial charge in [0.05, 0.1) is 16.4 Å². The Kier molecular flexibility index (Phi) is 5.71. The van der Waals surface area contributed by atoms with E-state index in [1.807, 2.05) is 11.7 Å². The summed E-state index contributed by atoms with van der Waals surface area (Å²) in [6, 6.07) is 0. The van der Waals surface area contributed by atoms with E-state index in [-0.39, 0.29) is 0 Å². The molecule has 4 heteroatoms. The number of hydrogen-bond acceptors (Lipinski definition) is 2. The predicted molar refractivity (Wildman–Crippen MR) is 80.5 cm³/mol. The molecule has 2 rings (SSSR count). The molecule has 3 nitrogen and oxygen atoms in total. The van der Waals surface area contributed by atoms with Crippen LogP contribution >= 0.6 is 11.6 Å². The maximum Gasteiger partial charge on any atom is 0.0863 e. The van der Waals surface area contributed by atoms with Crippen molar-refractivity contribution >= 4 is 11.6 Å². The molecule has 1 aliphatic rings. The van der Waals surface area contributed by atoms with Crippen LogP contribution in [-0.2, 0) is 20.0 Å². The van der Waals surface area contributed by atoms with Gasteiger partial charge in [-0.2, -0.15) is 5.10 Å². The molecule has 0 radical (unpaired) electrons. The van der Waals surface area contributed by atoms with Crippen molar-refractivity contribution in [2.45, 2.75) is 58.4 Å². The molecule has 1 aromatic heterocycles. The lowest BCUT2D eigenvalue weighted by atomic mass is 10.0. The van der Waals surface area contributed by atoms with Gasteiger partial charge in [0.25, 0.3) is 0 Å². The number of hydrogen-bond donors (Lipinski definition) is 1. The van der Waals surface area contributed by atoms with Gasteiger partial charge in [0.15, 0.2) is 0 Å². The second-order valence-electron chi connectivity index (χ2n) is 5.65. The molecule has 1 aliphatic carbocycles. The Morgan fingerprint density at radius 2 is 2.11 bits per heavy atom. The Bertz CT molecular complexity index is 394. The molecule has 1 N–H and O–H groups in total. The van der Waals surface area contributed by atoms with Crippen molar-refractivity contribution in [1.29, 1.82) is 0 Å². The lowest BCUT2D eigenvalue weighted by Gasteiger charge is -2.09. The quantitative estimate of drug-likeness (QED) is 0.774. The fourth-order valence-corrected chi connectivity index (χ4v) is 3.39. The lowest BCUT2D eigenvalue weighted by Crippen LogP contribution is -2.17. The number of nitrogens with one attached hydrogen (secondary N) is 1. The topological polar surface area (TPSA) is 29.9 Å². The fraction of sp³-hybridized carbons (Fsp3) is 0.800. The highest BCUT2D eigenvalue weighted by Crippen LogP contribution is 2.28. The van der Waals surface area contributed by atoms with Crippen LogP contribution in [0.5, 0.6) is 0 Å². The summed E-state index contributed by atoms with van der Waals surface area (Å²) in [6.07, 6.45) is 9.35. The van der Waals surface area contributed by atoms with Crippen molar-refractivity contribution < 1.29 is 0 Å². The van der Waals surface area contributed by atoms with Crippen LogP contribution in [0.15, 0.2) is 0 Å². The van der Waals surface area contributed by atoms with Gasteiger partial charge in [0.2, 0.25) is 0 Å². The van der Waals surface area contributed by atoms with Gasteiger partial charge in [-0.3, -0.25) is 4.68 Å². The average Bonchev–Trinajstić information content (AvgIpc) is 3.00. The van der Waals surface area contributed by atoms with E-state index < -0.39 is 0 Å². The second-order valence-corrected chi connectivity index (χ2v) is 6.03. The summed E-state index contributed by atoms with van der Waals surface area (Å²) in [5.74, 6) is 0.994. The van der Waals surface area contributed by atoms with Crippen LogP contribution in [0.3, 0.4) is 0 Å². The van der Waals surface area contributed by atoms with Crippen molar-refractivity contribution in [3.05, 3.63) is 16.4 Å². The highest BCUT2D eigenvalue weighted by Gasteiger charge is 2.14. The van der Waals surface area contributed by atoms with Crippen molar-refractivity contribution in [3.63, 3.8) is 0 Å². The highest BCUT2D eigenvalue weighted by molar-refractivity contribution is 6.31. The molecule has 0 atom stereocenters. The molecule has 19 heavy (non-hydrogen) atoms. The number of rotatable bonds is 7. The number of aryl methyl sites for hydroxylation is 2. The van der Waals surface area contributed by atoms with Gasteiger partial charge in [0.1, 0.15) is 0 Å². The second kappa shape index (κ2) is 7.30. The molecular weight excluding hydrogens is 258 g/mol. The fourth-order valence-electron chi connectivity index (χ4n) is 3.03. The van der Waals surface area contributed by atoms with E-state index >= 15 is 0 Å². The van der Waals surface area contributed by atoms with Gasteiger partial charge in [-0.15, -0.1) is 0 Å². The molecule has 1 aromatic rings. The zero-order valence-electron chi connectivity index (χ0n) is 12.2. The van der Waals surface area contributed by atoms with Gasteiger partial charge < -0.3 is 5.32 Å². The minimum atomic E-state index is 0.826. The van der Waals surface area contributed by atoms with Crippen molar-refractivity contribution in [1.82, 2.24) is 15.1 Å². The third-order valence-corrected chi connectivity index (χ3v) is 4.67. The first kappa shape index (κ1) is 14.9. The number of aromatic nitrogens is 2. The molecule has 1 fully saturated rings. The van der Waals surface area contributed by atoms with Crippen LogP contribution < -0.4 is 5.32 Å². The molecule has 0 saturated heterocycles. The smallest absolute Gasteiger partial charge is 0.0863 e. The summed E-state index contributed by atoms with van der Waals surface area (Å²) < 4.78 is 1.91. The lowest BCUT2D eigenvalue weighted by molar-refractivity contribution is 0.468. The molecule has 0 aliphatic heterocycles. The SMILES string of the molecule is CCc1nn(C)c(CNCCCC2CCCC2)c1Cl. The summed E-state index contributed by atoms with van der Waals surface area (Å²) in [7, 11) is 1.97. The number of halogens is 1. The minimum absolute atomic E-state index is 0.826. The van der Waals surface area contributed by atoms with Gasteiger partial charge in [-0.1, -0.05) is 44.2 Å². The van der Waals surface area contributed by atoms with Gasteiger partial charge in [-0.25, -0.2) is 0 Å². The van der Waals surface area contributed by atoms with E-state index in [1.165, 1.54) is 38.5 Å². The Hall–Kier alpha value is -0.540. The van der Waals surface area contributed by atoms with E-state index in [0.29, 0.717) is 0 Å². The maximum atomic E-state index is 6.32. The largest absolute Gasteiger partial charge is 0.311 e. The van der Waals surface area contributed by atoms with Gasteiger partial charge in [0, 0.05) is 13.6 Å². The molecule has 1 saturated carbocycles. The van der Waals surface area contributed by atoms with Crippen LogP contribution in [0.2, 0.25) is 5.02 Å². The Morgan fingerprint density at radius 1 is 1.37 bits per heavy atom. The monoisotopic (exact) mass is 283 g/mol. The van der Waals surface area contributed by atoms with E-state index in [1.54, 1.807) is 0 Å². The summed E-state index contributed by atoms with van der Waals surface area (Å²) in [6.45, 7) is 4.00. The molecule has 0 unspecified atom stereocenters. The summed E-state index contributed by atoms with van der Waals surface area (Å²) in [5, 5.41) is 8.78. The first-order chi connectivity index (χ1) is 9.22. The molecule has 108 valence electrons. The predicted octanol–water partition coefficient (Wildman–Crippen LogP) is 3.70. The normalized spacial score (nSPS) is 16.4. The Morgan fingerprint density at radius 3 is 2.74 bits per heavy atom.